The number of amides is 3. The van der Waals surface area contributed by atoms with Crippen LogP contribution in [0.5, 0.6) is 0 Å². The van der Waals surface area contributed by atoms with Crippen molar-refractivity contribution in [3.05, 3.63) is 92.2 Å². The van der Waals surface area contributed by atoms with Gasteiger partial charge in [0.1, 0.15) is 6.04 Å². The van der Waals surface area contributed by atoms with Gasteiger partial charge >= 0.3 is 0 Å². The molecule has 0 aliphatic carbocycles. The molecule has 0 saturated heterocycles. The Morgan fingerprint density at radius 1 is 0.825 bits per heavy atom. The molecule has 212 valence electrons. The molecule has 40 heavy (non-hydrogen) atoms. The molecular weight excluding hydrogens is 524 g/mol. The van der Waals surface area contributed by atoms with Crippen LogP contribution < -0.4 is 28.8 Å². The smallest absolute Gasteiger partial charge is 0.279 e. The summed E-state index contributed by atoms with van der Waals surface area (Å²) in [5.74, 6) is -0.835. The number of anilines is 1. The molecule has 0 radical (unpaired) electrons. The highest BCUT2D eigenvalue weighted by Crippen LogP contribution is 2.19. The van der Waals surface area contributed by atoms with Crippen molar-refractivity contribution in [2.45, 2.75) is 57.0 Å². The Balaban J connectivity index is 0.00000560. The van der Waals surface area contributed by atoms with E-state index in [0.29, 0.717) is 31.6 Å². The van der Waals surface area contributed by atoms with Crippen molar-refractivity contribution in [1.82, 2.24) is 10.2 Å². The van der Waals surface area contributed by atoms with Crippen LogP contribution in [0.15, 0.2) is 72.8 Å². The van der Waals surface area contributed by atoms with Crippen LogP contribution >= 0.6 is 0 Å². The number of carbonyl (C=O) groups excluding carboxylic acids is 3. The number of nitrogens with zero attached hydrogens (tertiary/aromatic N) is 1. The molecular formula is C32H41ClN4O3+2. The molecule has 3 aromatic rings. The molecule has 7 nitrogen and oxygen atoms in total. The van der Waals surface area contributed by atoms with Gasteiger partial charge in [0.15, 0.2) is 6.04 Å². The van der Waals surface area contributed by atoms with E-state index in [0.717, 1.165) is 42.0 Å². The minimum absolute atomic E-state index is 0. The molecule has 0 saturated carbocycles. The van der Waals surface area contributed by atoms with Gasteiger partial charge in [0.05, 0.1) is 33.1 Å². The molecule has 8 heteroatoms. The van der Waals surface area contributed by atoms with Gasteiger partial charge in [-0.1, -0.05) is 60.7 Å². The van der Waals surface area contributed by atoms with Crippen LogP contribution in [0.4, 0.5) is 5.69 Å². The maximum Gasteiger partial charge on any atom is 0.279 e. The lowest BCUT2D eigenvalue weighted by molar-refractivity contribution is -0.403. The van der Waals surface area contributed by atoms with E-state index in [1.807, 2.05) is 72.8 Å². The number of fused-ring (bicyclic) bond motifs is 1. The van der Waals surface area contributed by atoms with Crippen LogP contribution in [0.1, 0.15) is 44.1 Å². The lowest BCUT2D eigenvalue weighted by atomic mass is 10.0. The number of aryl methyl sites for hydroxylation is 1. The molecule has 0 aliphatic heterocycles. The second-order valence-electron chi connectivity index (χ2n) is 9.83. The van der Waals surface area contributed by atoms with E-state index in [9.17, 15) is 14.4 Å². The van der Waals surface area contributed by atoms with E-state index >= 15 is 0 Å². The van der Waals surface area contributed by atoms with Gasteiger partial charge < -0.3 is 33.7 Å². The quantitative estimate of drug-likeness (QED) is 0.239. The average Bonchev–Trinajstić information content (AvgIpc) is 2.95. The van der Waals surface area contributed by atoms with Crippen molar-refractivity contribution in [2.75, 3.05) is 18.4 Å². The fourth-order valence-corrected chi connectivity index (χ4v) is 4.41. The fraction of sp³-hybridized carbons (Fsp3) is 0.344. The van der Waals surface area contributed by atoms with Crippen LogP contribution in [0.2, 0.25) is 0 Å². The Hall–Kier alpha value is -3.68. The summed E-state index contributed by atoms with van der Waals surface area (Å²) in [5.41, 5.74) is 5.68. The molecule has 0 fully saturated rings. The molecule has 0 aliphatic rings. The zero-order chi connectivity index (χ0) is 28.0. The Morgan fingerprint density at radius 3 is 2.10 bits per heavy atom. The summed E-state index contributed by atoms with van der Waals surface area (Å²) in [6, 6.07) is 21.9. The minimum atomic E-state index is -0.813. The average molecular weight is 565 g/mol. The van der Waals surface area contributed by atoms with Crippen LogP contribution in [0.25, 0.3) is 10.8 Å². The summed E-state index contributed by atoms with van der Waals surface area (Å²) in [6.07, 6.45) is 4.07. The summed E-state index contributed by atoms with van der Waals surface area (Å²) >= 11 is 0. The van der Waals surface area contributed by atoms with Gasteiger partial charge in [-0.3, -0.25) is 14.4 Å². The van der Waals surface area contributed by atoms with Crippen molar-refractivity contribution in [3.63, 3.8) is 0 Å². The number of hydrogen-bond acceptors (Lipinski definition) is 3. The molecule has 2 unspecified atom stereocenters. The summed E-state index contributed by atoms with van der Waals surface area (Å²) in [6.45, 7) is 8.91. The standard InChI is InChI=1S/C32H38N4O3.ClH/c1-3-5-20-36(21-6-4-2)30(37)23-28(33)31(38)35-29(19-16-24-12-8-7-9-13-24)32(39)34-27-18-17-25-14-10-11-15-26(25)22-27;/h7-15,17-18,22,28-29H,1-6,16,19-21,23,33H2;1H/p+2. The third kappa shape index (κ3) is 10.1. The lowest BCUT2D eigenvalue weighted by Crippen LogP contribution is -3.00. The van der Waals surface area contributed by atoms with Crippen LogP contribution in [0, 0.1) is 13.8 Å². The predicted molar refractivity (Wildman–Crippen MR) is 156 cm³/mol. The predicted octanol–water partition coefficient (Wildman–Crippen LogP) is 0.958. The number of carbonyl (C=O) groups is 3. The zero-order valence-electron chi connectivity index (χ0n) is 23.1. The Kier molecular flexibility index (Phi) is 13.9. The van der Waals surface area contributed by atoms with Crippen molar-refractivity contribution in [3.8, 4) is 0 Å². The fourth-order valence-electron chi connectivity index (χ4n) is 4.41. The lowest BCUT2D eigenvalue weighted by Gasteiger charge is -2.23. The zero-order valence-corrected chi connectivity index (χ0v) is 23.9. The second kappa shape index (κ2) is 17.1. The number of halogens is 1. The van der Waals surface area contributed by atoms with Gasteiger partial charge in [-0.2, -0.15) is 0 Å². The number of nitrogens with one attached hydrogen (secondary N) is 2. The summed E-state index contributed by atoms with van der Waals surface area (Å²) in [7, 11) is 0. The van der Waals surface area contributed by atoms with E-state index in [1.54, 1.807) is 4.90 Å². The highest BCUT2D eigenvalue weighted by Gasteiger charge is 2.29. The molecule has 3 rings (SSSR count). The van der Waals surface area contributed by atoms with Crippen molar-refractivity contribution >= 4 is 34.2 Å². The van der Waals surface area contributed by atoms with Gasteiger partial charge in [0.25, 0.3) is 5.91 Å². The first kappa shape index (κ1) is 32.5. The molecule has 3 amide bonds. The topological polar surface area (TPSA) is 106 Å². The highest BCUT2D eigenvalue weighted by atomic mass is 35.5. The first-order valence-corrected chi connectivity index (χ1v) is 13.7. The van der Waals surface area contributed by atoms with Crippen LogP contribution in [-0.2, 0) is 20.8 Å². The van der Waals surface area contributed by atoms with Gasteiger partial charge in [-0.15, -0.1) is 0 Å². The third-order valence-electron chi connectivity index (χ3n) is 6.72. The molecule has 0 spiro atoms. The van der Waals surface area contributed by atoms with E-state index in [4.69, 9.17) is 0 Å². The number of hydrogen-bond donors (Lipinski definition) is 3. The number of rotatable bonds is 15. The maximum atomic E-state index is 13.4. The van der Waals surface area contributed by atoms with Gasteiger partial charge in [0.2, 0.25) is 11.8 Å². The maximum absolute atomic E-state index is 13.4. The number of benzene rings is 3. The minimum Gasteiger partial charge on any atom is -1.00 e. The normalized spacial score (nSPS) is 12.1. The van der Waals surface area contributed by atoms with Crippen molar-refractivity contribution in [1.29, 1.82) is 0 Å². The number of quaternary nitrogens is 1. The Bertz CT molecular complexity index is 1210. The largest absolute Gasteiger partial charge is 1.00 e. The van der Waals surface area contributed by atoms with E-state index < -0.39 is 18.0 Å². The molecule has 3 aromatic carbocycles. The highest BCUT2D eigenvalue weighted by molar-refractivity contribution is 5.99. The molecule has 5 N–H and O–H groups in total. The van der Waals surface area contributed by atoms with Crippen molar-refractivity contribution < 1.29 is 32.5 Å². The molecule has 0 aromatic heterocycles. The summed E-state index contributed by atoms with van der Waals surface area (Å²) in [4.78, 5) is 41.2. The Morgan fingerprint density at radius 2 is 1.45 bits per heavy atom. The second-order valence-corrected chi connectivity index (χ2v) is 9.83. The molecule has 0 heterocycles. The Labute approximate surface area is 244 Å². The van der Waals surface area contributed by atoms with Crippen molar-refractivity contribution in [2.24, 2.45) is 0 Å². The SMILES string of the molecule is [CH2+]CCCN(CCC[CH2+])C(=O)CC([NH3+])C(=O)NC(CCc1ccccc1)C(=O)Nc1ccc2ccccc2c1.[Cl-]. The molecule has 0 bridgehead atoms. The van der Waals surface area contributed by atoms with E-state index in [-0.39, 0.29) is 30.6 Å². The first-order chi connectivity index (χ1) is 18.9. The van der Waals surface area contributed by atoms with Gasteiger partial charge in [-0.05, 0) is 41.3 Å². The molecule has 2 atom stereocenters. The van der Waals surface area contributed by atoms with Gasteiger partial charge in [-0.25, -0.2) is 0 Å². The summed E-state index contributed by atoms with van der Waals surface area (Å²) in [5, 5.41) is 7.92. The van der Waals surface area contributed by atoms with Crippen LogP contribution in [0.3, 0.4) is 0 Å². The van der Waals surface area contributed by atoms with Crippen LogP contribution in [-0.4, -0.2) is 47.8 Å². The monoisotopic (exact) mass is 564 g/mol. The van der Waals surface area contributed by atoms with Gasteiger partial charge in [0, 0.05) is 31.6 Å². The van der Waals surface area contributed by atoms with E-state index in [1.165, 1.54) is 0 Å². The van der Waals surface area contributed by atoms with E-state index in [2.05, 4.69) is 30.2 Å². The first-order valence-electron chi connectivity index (χ1n) is 13.7. The number of unbranched alkanes of at least 4 members (excludes halogenated alkanes) is 2. The third-order valence-corrected chi connectivity index (χ3v) is 6.72. The summed E-state index contributed by atoms with van der Waals surface area (Å²) < 4.78 is 0.